The zero-order valence-corrected chi connectivity index (χ0v) is 25.0. The fourth-order valence-electron chi connectivity index (χ4n) is 4.28. The summed E-state index contributed by atoms with van der Waals surface area (Å²) in [5, 5.41) is 6.75. The minimum absolute atomic E-state index is 0.00490. The number of carbonyl (C=O) groups is 3. The Labute approximate surface area is 249 Å². The molecule has 0 aliphatic heterocycles. The van der Waals surface area contributed by atoms with Gasteiger partial charge in [-0.05, 0) is 84.8 Å². The Kier molecular flexibility index (Phi) is 10.5. The Morgan fingerprint density at radius 3 is 2.61 bits per heavy atom. The summed E-state index contributed by atoms with van der Waals surface area (Å²) in [6, 6.07) is 9.64. The Bertz CT molecular complexity index is 1470. The number of ether oxygens (including phenoxy) is 3. The summed E-state index contributed by atoms with van der Waals surface area (Å²) < 4.78 is 31.2. The first-order valence-corrected chi connectivity index (χ1v) is 14.7. The third-order valence-electron chi connectivity index (χ3n) is 6.13. The number of thiophene rings is 1. The van der Waals surface area contributed by atoms with Crippen LogP contribution in [0.5, 0.6) is 11.5 Å². The molecule has 3 aromatic rings. The van der Waals surface area contributed by atoms with Crippen LogP contribution in [-0.4, -0.2) is 37.2 Å². The smallest absolute Gasteiger partial charge is 0.341 e. The van der Waals surface area contributed by atoms with Gasteiger partial charge in [-0.2, -0.15) is 5.10 Å². The average Bonchev–Trinajstić information content (AvgIpc) is 3.31. The van der Waals surface area contributed by atoms with Gasteiger partial charge >= 0.3 is 17.8 Å². The van der Waals surface area contributed by atoms with Crippen molar-refractivity contribution in [3.8, 4) is 11.5 Å². The standard InChI is InChI=1S/C29H29BrFN3O6S/c1-3-38-22-14-17(13-20(30)25(22)40-16-18-9-5-7-11-21(18)31)15-32-34-27(36)26(35)33-28-24(29(37)39-4-2)19-10-6-8-12-23(19)41-28/h5,7,9,11,13-15H,3-4,6,8,10,12,16H2,1-2H3,(H,33,35)(H,34,36)/b32-15+. The van der Waals surface area contributed by atoms with Crippen LogP contribution >= 0.6 is 27.3 Å². The lowest BCUT2D eigenvalue weighted by atomic mass is 9.95. The first-order valence-electron chi connectivity index (χ1n) is 13.1. The highest BCUT2D eigenvalue weighted by Crippen LogP contribution is 2.39. The molecule has 0 fully saturated rings. The molecule has 0 saturated carbocycles. The van der Waals surface area contributed by atoms with Gasteiger partial charge in [0.25, 0.3) is 0 Å². The molecule has 2 aromatic carbocycles. The topological polar surface area (TPSA) is 115 Å². The van der Waals surface area contributed by atoms with Crippen molar-refractivity contribution in [3.05, 3.63) is 73.8 Å². The van der Waals surface area contributed by atoms with Crippen LogP contribution in [0, 0.1) is 5.82 Å². The zero-order chi connectivity index (χ0) is 29.4. The number of aryl methyl sites for hydroxylation is 1. The van der Waals surface area contributed by atoms with E-state index in [0.29, 0.717) is 44.3 Å². The second-order valence-electron chi connectivity index (χ2n) is 8.93. The molecule has 0 saturated heterocycles. The maximum atomic E-state index is 14.0. The molecule has 0 radical (unpaired) electrons. The normalized spacial score (nSPS) is 12.5. The third-order valence-corrected chi connectivity index (χ3v) is 7.92. The van der Waals surface area contributed by atoms with Gasteiger partial charge in [0.2, 0.25) is 0 Å². The molecule has 41 heavy (non-hydrogen) atoms. The summed E-state index contributed by atoms with van der Waals surface area (Å²) in [6.45, 7) is 4.06. The van der Waals surface area contributed by atoms with Crippen LogP contribution < -0.4 is 20.2 Å². The quantitative estimate of drug-likeness (QED) is 0.125. The number of fused-ring (bicyclic) bond motifs is 1. The molecule has 2 amide bonds. The SMILES string of the molecule is CCOC(=O)c1c(NC(=O)C(=O)N/N=C/c2cc(Br)c(OCc3ccccc3F)c(OCC)c2)sc2c1CCCC2. The van der Waals surface area contributed by atoms with Crippen LogP contribution in [0.15, 0.2) is 46.0 Å². The lowest BCUT2D eigenvalue weighted by Crippen LogP contribution is -2.32. The lowest BCUT2D eigenvalue weighted by Gasteiger charge is -2.15. The van der Waals surface area contributed by atoms with Crippen LogP contribution in [-0.2, 0) is 33.8 Å². The molecule has 216 valence electrons. The lowest BCUT2D eigenvalue weighted by molar-refractivity contribution is -0.136. The highest BCUT2D eigenvalue weighted by atomic mass is 79.9. The number of amides is 2. The van der Waals surface area contributed by atoms with Crippen LogP contribution in [0.2, 0.25) is 0 Å². The first-order chi connectivity index (χ1) is 19.8. The van der Waals surface area contributed by atoms with Crippen LogP contribution in [0.4, 0.5) is 9.39 Å². The molecule has 0 atom stereocenters. The van der Waals surface area contributed by atoms with Gasteiger partial charge in [-0.3, -0.25) is 9.59 Å². The largest absolute Gasteiger partial charge is 0.490 e. The highest BCUT2D eigenvalue weighted by Gasteiger charge is 2.28. The Morgan fingerprint density at radius 1 is 1.07 bits per heavy atom. The van der Waals surface area contributed by atoms with Crippen LogP contribution in [0.25, 0.3) is 0 Å². The average molecular weight is 647 g/mol. The third kappa shape index (κ3) is 7.50. The predicted molar refractivity (Wildman–Crippen MR) is 157 cm³/mol. The van der Waals surface area contributed by atoms with E-state index in [1.165, 1.54) is 23.6 Å². The number of esters is 1. The van der Waals surface area contributed by atoms with E-state index in [-0.39, 0.29) is 19.0 Å². The van der Waals surface area contributed by atoms with Gasteiger partial charge in [-0.25, -0.2) is 14.6 Å². The monoisotopic (exact) mass is 645 g/mol. The molecule has 0 bridgehead atoms. The number of hydrazone groups is 1. The van der Waals surface area contributed by atoms with Crippen molar-refractivity contribution in [1.29, 1.82) is 0 Å². The highest BCUT2D eigenvalue weighted by molar-refractivity contribution is 9.10. The minimum Gasteiger partial charge on any atom is -0.490 e. The van der Waals surface area contributed by atoms with Crippen LogP contribution in [0.1, 0.15) is 58.6 Å². The molecule has 4 rings (SSSR count). The fourth-order valence-corrected chi connectivity index (χ4v) is 6.13. The Morgan fingerprint density at radius 2 is 1.85 bits per heavy atom. The van der Waals surface area contributed by atoms with Gasteiger partial charge in [0.05, 0.1) is 29.5 Å². The van der Waals surface area contributed by atoms with Gasteiger partial charge in [0.15, 0.2) is 11.5 Å². The van der Waals surface area contributed by atoms with E-state index in [2.05, 4.69) is 31.8 Å². The number of hydrogen-bond acceptors (Lipinski definition) is 8. The summed E-state index contributed by atoms with van der Waals surface area (Å²) in [6.07, 6.45) is 4.81. The number of nitrogens with one attached hydrogen (secondary N) is 2. The molecule has 1 aliphatic carbocycles. The molecule has 0 spiro atoms. The number of benzene rings is 2. The van der Waals surface area contributed by atoms with E-state index in [4.69, 9.17) is 14.2 Å². The maximum Gasteiger partial charge on any atom is 0.341 e. The maximum absolute atomic E-state index is 14.0. The number of nitrogens with zero attached hydrogens (tertiary/aromatic N) is 1. The number of halogens is 2. The molecule has 0 unspecified atom stereocenters. The summed E-state index contributed by atoms with van der Waals surface area (Å²) in [5.41, 5.74) is 4.34. The number of hydrogen-bond donors (Lipinski definition) is 2. The van der Waals surface area contributed by atoms with E-state index in [1.807, 2.05) is 6.92 Å². The van der Waals surface area contributed by atoms with Gasteiger partial charge in [-0.1, -0.05) is 18.2 Å². The van der Waals surface area contributed by atoms with Gasteiger partial charge in [-0.15, -0.1) is 11.3 Å². The first kappa shape index (κ1) is 30.2. The number of carbonyl (C=O) groups excluding carboxylic acids is 3. The van der Waals surface area contributed by atoms with E-state index in [1.54, 1.807) is 37.3 Å². The summed E-state index contributed by atoms with van der Waals surface area (Å²) in [4.78, 5) is 38.8. The van der Waals surface area contributed by atoms with Crippen molar-refractivity contribution < 1.29 is 33.0 Å². The molecule has 1 aliphatic rings. The van der Waals surface area contributed by atoms with Crippen molar-refractivity contribution in [2.24, 2.45) is 5.10 Å². The summed E-state index contributed by atoms with van der Waals surface area (Å²) in [7, 11) is 0. The van der Waals surface area contributed by atoms with Gasteiger partial charge in [0, 0.05) is 10.4 Å². The van der Waals surface area contributed by atoms with Crippen molar-refractivity contribution in [3.63, 3.8) is 0 Å². The number of anilines is 1. The summed E-state index contributed by atoms with van der Waals surface area (Å²) >= 11 is 4.74. The molecule has 12 heteroatoms. The van der Waals surface area contributed by atoms with E-state index in [9.17, 15) is 18.8 Å². The van der Waals surface area contributed by atoms with Crippen molar-refractivity contribution in [2.75, 3.05) is 18.5 Å². The van der Waals surface area contributed by atoms with Crippen molar-refractivity contribution >= 4 is 56.3 Å². The van der Waals surface area contributed by atoms with Crippen LogP contribution in [0.3, 0.4) is 0 Å². The van der Waals surface area contributed by atoms with Crippen molar-refractivity contribution in [1.82, 2.24) is 5.43 Å². The predicted octanol–water partition coefficient (Wildman–Crippen LogP) is 5.77. The molecule has 2 N–H and O–H groups in total. The second kappa shape index (κ2) is 14.2. The minimum atomic E-state index is -1.00. The summed E-state index contributed by atoms with van der Waals surface area (Å²) in [5.74, 6) is -2.09. The molecular formula is C29H29BrFN3O6S. The molecular weight excluding hydrogens is 617 g/mol. The molecule has 1 aromatic heterocycles. The van der Waals surface area contributed by atoms with E-state index in [0.717, 1.165) is 36.1 Å². The second-order valence-corrected chi connectivity index (χ2v) is 10.9. The fraction of sp³-hybridized carbons (Fsp3) is 0.310. The Hall–Kier alpha value is -3.77. The number of rotatable bonds is 10. The van der Waals surface area contributed by atoms with Gasteiger partial charge in [0.1, 0.15) is 17.4 Å². The molecule has 9 nitrogen and oxygen atoms in total. The Balaban J connectivity index is 1.43. The zero-order valence-electron chi connectivity index (χ0n) is 22.6. The van der Waals surface area contributed by atoms with Crippen molar-refractivity contribution in [2.45, 2.75) is 46.1 Å². The van der Waals surface area contributed by atoms with Gasteiger partial charge < -0.3 is 19.5 Å². The van der Waals surface area contributed by atoms with E-state index >= 15 is 0 Å². The molecule has 1 heterocycles. The van der Waals surface area contributed by atoms with E-state index < -0.39 is 17.8 Å².